The maximum Gasteiger partial charge on any atom is 0.0453 e. The third kappa shape index (κ3) is 3.43. The fourth-order valence-corrected chi connectivity index (χ4v) is 2.89. The van der Waals surface area contributed by atoms with Crippen molar-refractivity contribution < 1.29 is 0 Å². The topological polar surface area (TPSA) is 26.0 Å². The summed E-state index contributed by atoms with van der Waals surface area (Å²) in [5, 5.41) is 2.01. The third-order valence-electron chi connectivity index (χ3n) is 3.12. The van der Waals surface area contributed by atoms with Crippen molar-refractivity contribution in [2.75, 3.05) is 0 Å². The van der Waals surface area contributed by atoms with E-state index in [0.29, 0.717) is 21.5 Å². The summed E-state index contributed by atoms with van der Waals surface area (Å²) in [7, 11) is 0. The lowest BCUT2D eigenvalue weighted by molar-refractivity contribution is 0.717. The SMILES string of the molecule is Cc1cc(Cl)ccc1C(N)Cc1c(Cl)cccc1Cl. The number of halogens is 3. The molecule has 0 aromatic heterocycles. The van der Waals surface area contributed by atoms with Gasteiger partial charge in [-0.3, -0.25) is 0 Å². The van der Waals surface area contributed by atoms with Gasteiger partial charge in [0.25, 0.3) is 0 Å². The van der Waals surface area contributed by atoms with Crippen LogP contribution < -0.4 is 5.73 Å². The van der Waals surface area contributed by atoms with Gasteiger partial charge in [0.1, 0.15) is 0 Å². The van der Waals surface area contributed by atoms with Gasteiger partial charge in [-0.25, -0.2) is 0 Å². The first-order valence-electron chi connectivity index (χ1n) is 5.93. The van der Waals surface area contributed by atoms with Crippen LogP contribution in [-0.4, -0.2) is 0 Å². The van der Waals surface area contributed by atoms with Gasteiger partial charge in [-0.15, -0.1) is 0 Å². The van der Waals surface area contributed by atoms with Crippen LogP contribution in [0.3, 0.4) is 0 Å². The molecular weight excluding hydrogens is 301 g/mol. The molecular formula is C15H14Cl3N. The summed E-state index contributed by atoms with van der Waals surface area (Å²) in [6.07, 6.45) is 0.598. The standard InChI is InChI=1S/C15H14Cl3N/c1-9-7-10(16)5-6-11(9)15(19)8-12-13(17)3-2-4-14(12)18/h2-7,15H,8,19H2,1H3. The lowest BCUT2D eigenvalue weighted by atomic mass is 9.96. The van der Waals surface area contributed by atoms with Crippen molar-refractivity contribution in [2.45, 2.75) is 19.4 Å². The maximum atomic E-state index is 6.26. The molecule has 0 spiro atoms. The third-order valence-corrected chi connectivity index (χ3v) is 4.06. The molecule has 19 heavy (non-hydrogen) atoms. The number of hydrogen-bond acceptors (Lipinski definition) is 1. The second kappa shape index (κ2) is 6.15. The molecule has 1 atom stereocenters. The minimum atomic E-state index is -0.158. The van der Waals surface area contributed by atoms with E-state index in [9.17, 15) is 0 Å². The first kappa shape index (κ1) is 14.7. The lowest BCUT2D eigenvalue weighted by Crippen LogP contribution is -2.15. The molecule has 0 saturated heterocycles. The fraction of sp³-hybridized carbons (Fsp3) is 0.200. The summed E-state index contributed by atoms with van der Waals surface area (Å²) in [4.78, 5) is 0. The van der Waals surface area contributed by atoms with Crippen LogP contribution in [0.4, 0.5) is 0 Å². The predicted octanol–water partition coefficient (Wildman–Crippen LogP) is 5.20. The fourth-order valence-electron chi connectivity index (χ4n) is 2.11. The zero-order valence-corrected chi connectivity index (χ0v) is 12.7. The summed E-state index contributed by atoms with van der Waals surface area (Å²) in [6, 6.07) is 11.0. The molecule has 2 rings (SSSR count). The maximum absolute atomic E-state index is 6.26. The molecule has 0 amide bonds. The van der Waals surface area contributed by atoms with E-state index in [1.54, 1.807) is 0 Å². The molecule has 2 aromatic carbocycles. The Balaban J connectivity index is 2.28. The Morgan fingerprint density at radius 1 is 1.05 bits per heavy atom. The number of hydrogen-bond donors (Lipinski definition) is 1. The quantitative estimate of drug-likeness (QED) is 0.828. The van der Waals surface area contributed by atoms with Gasteiger partial charge in [0.15, 0.2) is 0 Å². The van der Waals surface area contributed by atoms with Crippen molar-refractivity contribution in [2.24, 2.45) is 5.73 Å². The predicted molar refractivity (Wildman–Crippen MR) is 83.3 cm³/mol. The van der Waals surface area contributed by atoms with Crippen LogP contribution in [0.2, 0.25) is 15.1 Å². The molecule has 0 heterocycles. The number of aryl methyl sites for hydroxylation is 1. The lowest BCUT2D eigenvalue weighted by Gasteiger charge is -2.16. The molecule has 2 N–H and O–H groups in total. The Labute approximate surface area is 128 Å². The average molecular weight is 315 g/mol. The smallest absolute Gasteiger partial charge is 0.0453 e. The zero-order chi connectivity index (χ0) is 14.0. The van der Waals surface area contributed by atoms with Crippen LogP contribution in [0, 0.1) is 6.92 Å². The van der Waals surface area contributed by atoms with E-state index in [0.717, 1.165) is 16.7 Å². The molecule has 2 aromatic rings. The van der Waals surface area contributed by atoms with Gasteiger partial charge in [0, 0.05) is 21.1 Å². The van der Waals surface area contributed by atoms with Crippen LogP contribution in [-0.2, 0) is 6.42 Å². The second-order valence-corrected chi connectivity index (χ2v) is 5.76. The van der Waals surface area contributed by atoms with Gasteiger partial charge in [0.2, 0.25) is 0 Å². The van der Waals surface area contributed by atoms with Gasteiger partial charge in [-0.2, -0.15) is 0 Å². The van der Waals surface area contributed by atoms with E-state index < -0.39 is 0 Å². The Morgan fingerprint density at radius 2 is 1.68 bits per heavy atom. The van der Waals surface area contributed by atoms with Gasteiger partial charge in [-0.05, 0) is 54.3 Å². The number of nitrogens with two attached hydrogens (primary N) is 1. The first-order chi connectivity index (χ1) is 8.99. The highest BCUT2D eigenvalue weighted by Crippen LogP contribution is 2.29. The van der Waals surface area contributed by atoms with E-state index in [-0.39, 0.29) is 6.04 Å². The molecule has 1 nitrogen and oxygen atoms in total. The first-order valence-corrected chi connectivity index (χ1v) is 7.07. The second-order valence-electron chi connectivity index (χ2n) is 4.51. The number of rotatable bonds is 3. The van der Waals surface area contributed by atoms with E-state index in [2.05, 4.69) is 0 Å². The summed E-state index contributed by atoms with van der Waals surface area (Å²) in [5.74, 6) is 0. The van der Waals surface area contributed by atoms with Crippen LogP contribution >= 0.6 is 34.8 Å². The van der Waals surface area contributed by atoms with Gasteiger partial charge < -0.3 is 5.73 Å². The summed E-state index contributed by atoms with van der Waals surface area (Å²) in [5.41, 5.74) is 9.27. The normalized spacial score (nSPS) is 12.5. The van der Waals surface area contributed by atoms with Crippen molar-refractivity contribution in [1.29, 1.82) is 0 Å². The molecule has 0 aliphatic rings. The Kier molecular flexibility index (Phi) is 4.75. The Morgan fingerprint density at radius 3 is 2.26 bits per heavy atom. The van der Waals surface area contributed by atoms with E-state index >= 15 is 0 Å². The van der Waals surface area contributed by atoms with Gasteiger partial charge in [0.05, 0.1) is 0 Å². The molecule has 0 saturated carbocycles. The summed E-state index contributed by atoms with van der Waals surface area (Å²) < 4.78 is 0. The van der Waals surface area contributed by atoms with Crippen LogP contribution in [0.15, 0.2) is 36.4 Å². The minimum Gasteiger partial charge on any atom is -0.324 e. The van der Waals surface area contributed by atoms with E-state index in [4.69, 9.17) is 40.5 Å². The van der Waals surface area contributed by atoms with Crippen LogP contribution in [0.25, 0.3) is 0 Å². The summed E-state index contributed by atoms with van der Waals surface area (Å²) >= 11 is 18.3. The Bertz CT molecular complexity index is 576. The molecule has 0 radical (unpaired) electrons. The molecule has 0 aliphatic carbocycles. The van der Waals surface area contributed by atoms with Crippen molar-refractivity contribution in [3.63, 3.8) is 0 Å². The molecule has 0 fully saturated rings. The molecule has 100 valence electrons. The molecule has 1 unspecified atom stereocenters. The van der Waals surface area contributed by atoms with Crippen LogP contribution in [0.1, 0.15) is 22.7 Å². The molecule has 0 aliphatic heterocycles. The highest BCUT2D eigenvalue weighted by atomic mass is 35.5. The van der Waals surface area contributed by atoms with Gasteiger partial charge >= 0.3 is 0 Å². The van der Waals surface area contributed by atoms with Crippen LogP contribution in [0.5, 0.6) is 0 Å². The van der Waals surface area contributed by atoms with E-state index in [1.807, 2.05) is 43.3 Å². The van der Waals surface area contributed by atoms with Crippen molar-refractivity contribution in [3.05, 3.63) is 68.2 Å². The van der Waals surface area contributed by atoms with Gasteiger partial charge in [-0.1, -0.05) is 46.9 Å². The Hall–Kier alpha value is -0.730. The zero-order valence-electron chi connectivity index (χ0n) is 10.5. The van der Waals surface area contributed by atoms with Crippen molar-refractivity contribution in [3.8, 4) is 0 Å². The highest BCUT2D eigenvalue weighted by Gasteiger charge is 2.14. The van der Waals surface area contributed by atoms with Crippen molar-refractivity contribution >= 4 is 34.8 Å². The minimum absolute atomic E-state index is 0.158. The molecule has 4 heteroatoms. The average Bonchev–Trinajstić information content (AvgIpc) is 2.33. The largest absolute Gasteiger partial charge is 0.324 e. The highest BCUT2D eigenvalue weighted by molar-refractivity contribution is 6.36. The molecule has 0 bridgehead atoms. The van der Waals surface area contributed by atoms with E-state index in [1.165, 1.54) is 0 Å². The van der Waals surface area contributed by atoms with Crippen molar-refractivity contribution in [1.82, 2.24) is 0 Å². The number of benzene rings is 2. The monoisotopic (exact) mass is 313 g/mol. The summed E-state index contributed by atoms with van der Waals surface area (Å²) in [6.45, 7) is 2.00.